The Morgan fingerprint density at radius 1 is 1.00 bits per heavy atom. The van der Waals surface area contributed by atoms with Crippen molar-refractivity contribution in [1.29, 1.82) is 0 Å². The Labute approximate surface area is 108 Å². The second kappa shape index (κ2) is 5.69. The highest BCUT2D eigenvalue weighted by Crippen LogP contribution is 2.30. The molecule has 1 saturated carbocycles. The molecule has 2 heterocycles. The van der Waals surface area contributed by atoms with Crippen LogP contribution in [0.1, 0.15) is 50.3 Å². The molecule has 2 aliphatic rings. The van der Waals surface area contributed by atoms with Crippen LogP contribution in [0.5, 0.6) is 0 Å². The van der Waals surface area contributed by atoms with Gasteiger partial charge >= 0.3 is 0 Å². The van der Waals surface area contributed by atoms with E-state index in [1.807, 2.05) is 0 Å². The first-order valence-corrected chi connectivity index (χ1v) is 7.31. The molecule has 0 spiro atoms. The average Bonchev–Trinajstić information content (AvgIpc) is 2.76. The van der Waals surface area contributed by atoms with Crippen molar-refractivity contribution < 1.29 is 0 Å². The number of hydrogen-bond donors (Lipinski definition) is 2. The van der Waals surface area contributed by atoms with Crippen LogP contribution in [0.3, 0.4) is 0 Å². The Balaban J connectivity index is 1.67. The highest BCUT2D eigenvalue weighted by Gasteiger charge is 2.20. The zero-order valence-corrected chi connectivity index (χ0v) is 11.0. The van der Waals surface area contributed by atoms with Gasteiger partial charge in [0.2, 0.25) is 5.95 Å². The number of nitrogens with one attached hydrogen (secondary N) is 2. The van der Waals surface area contributed by atoms with Gasteiger partial charge in [0.15, 0.2) is 0 Å². The largest absolute Gasteiger partial charge is 0.337 e. The molecule has 1 aromatic rings. The van der Waals surface area contributed by atoms with Gasteiger partial charge in [0.25, 0.3) is 0 Å². The lowest BCUT2D eigenvalue weighted by molar-refractivity contribution is 0.561. The summed E-state index contributed by atoms with van der Waals surface area (Å²) in [5.74, 6) is 2.62. The molecule has 0 radical (unpaired) electrons. The topological polar surface area (TPSA) is 56.8 Å². The summed E-state index contributed by atoms with van der Waals surface area (Å²) in [5, 5.41) is 10.9. The SMILES string of the molecule is C1CCCC(c2nc(N3CCNCC3)n[nH]2)CC1. The van der Waals surface area contributed by atoms with Crippen LogP contribution in [0.25, 0.3) is 0 Å². The summed E-state index contributed by atoms with van der Waals surface area (Å²) in [6.07, 6.45) is 8.00. The van der Waals surface area contributed by atoms with E-state index in [9.17, 15) is 0 Å². The number of rotatable bonds is 2. The minimum absolute atomic E-state index is 0.608. The third-order valence-electron chi connectivity index (χ3n) is 4.13. The summed E-state index contributed by atoms with van der Waals surface area (Å²) in [4.78, 5) is 7.00. The standard InChI is InChI=1S/C13H23N5/c1-2-4-6-11(5-3-1)12-15-13(17-16-12)18-9-7-14-8-10-18/h11,14H,1-10H2,(H,15,16,17). The summed E-state index contributed by atoms with van der Waals surface area (Å²) in [7, 11) is 0. The van der Waals surface area contributed by atoms with Crippen LogP contribution >= 0.6 is 0 Å². The fraction of sp³-hybridized carbons (Fsp3) is 0.846. The van der Waals surface area contributed by atoms with Crippen LogP contribution in [0, 0.1) is 0 Å². The van der Waals surface area contributed by atoms with Crippen LogP contribution < -0.4 is 10.2 Å². The highest BCUT2D eigenvalue weighted by molar-refractivity contribution is 5.30. The van der Waals surface area contributed by atoms with Crippen molar-refractivity contribution in [3.63, 3.8) is 0 Å². The number of hydrogen-bond acceptors (Lipinski definition) is 4. The van der Waals surface area contributed by atoms with Crippen molar-refractivity contribution >= 4 is 5.95 Å². The maximum absolute atomic E-state index is 4.73. The molecule has 1 aliphatic carbocycles. The van der Waals surface area contributed by atoms with Gasteiger partial charge in [-0.15, -0.1) is 5.10 Å². The van der Waals surface area contributed by atoms with Crippen molar-refractivity contribution in [1.82, 2.24) is 20.5 Å². The zero-order valence-electron chi connectivity index (χ0n) is 11.0. The number of nitrogens with zero attached hydrogens (tertiary/aromatic N) is 3. The first-order chi connectivity index (χ1) is 8.93. The highest BCUT2D eigenvalue weighted by atomic mass is 15.4. The lowest BCUT2D eigenvalue weighted by Gasteiger charge is -2.25. The smallest absolute Gasteiger partial charge is 0.244 e. The molecule has 0 unspecified atom stereocenters. The number of piperazine rings is 1. The molecule has 1 aliphatic heterocycles. The summed E-state index contributed by atoms with van der Waals surface area (Å²) in [6.45, 7) is 4.10. The van der Waals surface area contributed by atoms with Gasteiger partial charge < -0.3 is 10.2 Å². The van der Waals surface area contributed by atoms with Gasteiger partial charge in [-0.25, -0.2) is 0 Å². The fourth-order valence-electron chi connectivity index (χ4n) is 3.01. The van der Waals surface area contributed by atoms with E-state index in [4.69, 9.17) is 4.98 Å². The normalized spacial score (nSPS) is 23.0. The molecule has 2 fully saturated rings. The third-order valence-corrected chi connectivity index (χ3v) is 4.13. The second-order valence-electron chi connectivity index (χ2n) is 5.45. The average molecular weight is 249 g/mol. The fourth-order valence-corrected chi connectivity index (χ4v) is 3.01. The minimum Gasteiger partial charge on any atom is -0.337 e. The molecule has 1 aromatic heterocycles. The molecule has 3 rings (SSSR count). The zero-order chi connectivity index (χ0) is 12.2. The molecule has 0 bridgehead atoms. The molecule has 5 nitrogen and oxygen atoms in total. The minimum atomic E-state index is 0.608. The first-order valence-electron chi connectivity index (χ1n) is 7.31. The van der Waals surface area contributed by atoms with Crippen molar-refractivity contribution in [2.24, 2.45) is 0 Å². The van der Waals surface area contributed by atoms with Crippen LogP contribution in [0.15, 0.2) is 0 Å². The van der Waals surface area contributed by atoms with Crippen molar-refractivity contribution in [2.75, 3.05) is 31.1 Å². The van der Waals surface area contributed by atoms with Gasteiger partial charge in [-0.3, -0.25) is 5.10 Å². The summed E-state index contributed by atoms with van der Waals surface area (Å²) >= 11 is 0. The molecule has 0 amide bonds. The van der Waals surface area contributed by atoms with E-state index in [0.29, 0.717) is 5.92 Å². The molecule has 100 valence electrons. The first kappa shape index (κ1) is 12.0. The number of anilines is 1. The van der Waals surface area contributed by atoms with Crippen LogP contribution in [0.4, 0.5) is 5.95 Å². The molecular formula is C13H23N5. The van der Waals surface area contributed by atoms with E-state index < -0.39 is 0 Å². The van der Waals surface area contributed by atoms with Gasteiger partial charge in [-0.1, -0.05) is 25.7 Å². The molecule has 0 atom stereocenters. The van der Waals surface area contributed by atoms with Crippen LogP contribution in [-0.2, 0) is 0 Å². The maximum Gasteiger partial charge on any atom is 0.244 e. The van der Waals surface area contributed by atoms with Crippen molar-refractivity contribution in [3.8, 4) is 0 Å². The van der Waals surface area contributed by atoms with Gasteiger partial charge in [0.05, 0.1) is 0 Å². The van der Waals surface area contributed by atoms with Gasteiger partial charge in [-0.05, 0) is 12.8 Å². The monoisotopic (exact) mass is 249 g/mol. The number of aromatic nitrogens is 3. The van der Waals surface area contributed by atoms with E-state index >= 15 is 0 Å². The lowest BCUT2D eigenvalue weighted by Crippen LogP contribution is -2.44. The van der Waals surface area contributed by atoms with E-state index in [1.165, 1.54) is 38.5 Å². The van der Waals surface area contributed by atoms with E-state index in [2.05, 4.69) is 20.4 Å². The molecule has 0 aromatic carbocycles. The second-order valence-corrected chi connectivity index (χ2v) is 5.45. The Kier molecular flexibility index (Phi) is 3.78. The predicted molar refractivity (Wildman–Crippen MR) is 71.9 cm³/mol. The van der Waals surface area contributed by atoms with E-state index in [0.717, 1.165) is 38.0 Å². The Hall–Kier alpha value is -1.10. The van der Waals surface area contributed by atoms with Gasteiger partial charge in [-0.2, -0.15) is 4.98 Å². The summed E-state index contributed by atoms with van der Waals surface area (Å²) < 4.78 is 0. The van der Waals surface area contributed by atoms with Crippen molar-refractivity contribution in [3.05, 3.63) is 5.82 Å². The van der Waals surface area contributed by atoms with Crippen molar-refractivity contribution in [2.45, 2.75) is 44.4 Å². The van der Waals surface area contributed by atoms with Crippen LogP contribution in [-0.4, -0.2) is 41.4 Å². The Morgan fingerprint density at radius 3 is 2.44 bits per heavy atom. The molecule has 18 heavy (non-hydrogen) atoms. The molecular weight excluding hydrogens is 226 g/mol. The number of H-pyrrole nitrogens is 1. The Bertz CT molecular complexity index is 361. The molecule has 5 heteroatoms. The predicted octanol–water partition coefficient (Wildman–Crippen LogP) is 1.65. The summed E-state index contributed by atoms with van der Waals surface area (Å²) in [6, 6.07) is 0. The molecule has 2 N–H and O–H groups in total. The third kappa shape index (κ3) is 2.66. The quantitative estimate of drug-likeness (QED) is 0.783. The van der Waals surface area contributed by atoms with Crippen LogP contribution in [0.2, 0.25) is 0 Å². The molecule has 1 saturated heterocycles. The van der Waals surface area contributed by atoms with Gasteiger partial charge in [0, 0.05) is 32.1 Å². The number of aromatic amines is 1. The maximum atomic E-state index is 4.73. The Morgan fingerprint density at radius 2 is 1.72 bits per heavy atom. The van der Waals surface area contributed by atoms with E-state index in [1.54, 1.807) is 0 Å². The lowest BCUT2D eigenvalue weighted by atomic mass is 10.00. The van der Waals surface area contributed by atoms with Gasteiger partial charge in [0.1, 0.15) is 5.82 Å². The summed E-state index contributed by atoms with van der Waals surface area (Å²) in [5.41, 5.74) is 0. The van der Waals surface area contributed by atoms with E-state index in [-0.39, 0.29) is 0 Å².